The first-order valence-corrected chi connectivity index (χ1v) is 5.74. The van der Waals surface area contributed by atoms with Crippen molar-refractivity contribution in [3.8, 4) is 0 Å². The van der Waals surface area contributed by atoms with E-state index in [1.54, 1.807) is 6.92 Å². The molecule has 0 aliphatic carbocycles. The molecule has 0 radical (unpaired) electrons. The van der Waals surface area contributed by atoms with Crippen LogP contribution in [0.15, 0.2) is 18.2 Å². The number of fused-ring (bicyclic) bond motifs is 1. The first kappa shape index (κ1) is 14.4. The van der Waals surface area contributed by atoms with Crippen molar-refractivity contribution in [1.82, 2.24) is 9.97 Å². The monoisotopic (exact) mass is 291 g/mol. The number of halogens is 5. The maximum absolute atomic E-state index is 13.3. The third-order valence-corrected chi connectivity index (χ3v) is 2.58. The van der Waals surface area contributed by atoms with Gasteiger partial charge in [-0.15, -0.1) is 0 Å². The number of hydrogen-bond donors (Lipinski definition) is 1. The van der Waals surface area contributed by atoms with Crippen LogP contribution in [-0.2, 0) is 5.92 Å². The molecule has 2 aromatic rings. The summed E-state index contributed by atoms with van der Waals surface area (Å²) in [6.45, 7) is 2.02. The number of nitrogens with one attached hydrogen (secondary N) is 1. The van der Waals surface area contributed by atoms with Gasteiger partial charge in [0.25, 0.3) is 0 Å². The maximum Gasteiger partial charge on any atom is 0.365 e. The fraction of sp³-hybridized carbons (Fsp3) is 0.333. The van der Waals surface area contributed by atoms with Crippen molar-refractivity contribution in [2.24, 2.45) is 0 Å². The van der Waals surface area contributed by atoms with Gasteiger partial charge in [0.05, 0.1) is 5.52 Å². The van der Waals surface area contributed by atoms with Crippen LogP contribution in [0.2, 0.25) is 0 Å². The van der Waals surface area contributed by atoms with Gasteiger partial charge < -0.3 is 5.32 Å². The summed E-state index contributed by atoms with van der Waals surface area (Å²) in [4.78, 5) is 6.79. The number of benzene rings is 1. The molecule has 1 aromatic carbocycles. The Labute approximate surface area is 110 Å². The van der Waals surface area contributed by atoms with Crippen molar-refractivity contribution in [3.05, 3.63) is 29.8 Å². The summed E-state index contributed by atoms with van der Waals surface area (Å²) < 4.78 is 64.5. The van der Waals surface area contributed by atoms with E-state index in [2.05, 4.69) is 15.3 Å². The smallest absolute Gasteiger partial charge is 0.365 e. The Morgan fingerprint density at radius 3 is 2.55 bits per heavy atom. The molecule has 8 heteroatoms. The normalized spacial score (nSPS) is 12.2. The number of aromatic nitrogens is 2. The molecule has 0 aliphatic rings. The van der Waals surface area contributed by atoms with E-state index in [4.69, 9.17) is 0 Å². The summed E-state index contributed by atoms with van der Waals surface area (Å²) in [5.74, 6) is -6.57. The summed E-state index contributed by atoms with van der Waals surface area (Å²) in [5, 5.41) is 2.95. The highest BCUT2D eigenvalue weighted by atomic mass is 19.3. The van der Waals surface area contributed by atoms with E-state index in [1.165, 1.54) is 6.07 Å². The Morgan fingerprint density at radius 1 is 1.25 bits per heavy atom. The lowest BCUT2D eigenvalue weighted by Gasteiger charge is -2.16. The highest BCUT2D eigenvalue weighted by Crippen LogP contribution is 2.34. The second-order valence-corrected chi connectivity index (χ2v) is 4.01. The Morgan fingerprint density at radius 2 is 1.95 bits per heavy atom. The zero-order valence-corrected chi connectivity index (χ0v) is 10.3. The minimum atomic E-state index is -4.50. The molecular weight excluding hydrogens is 281 g/mol. The fourth-order valence-electron chi connectivity index (χ4n) is 1.65. The molecule has 0 atom stereocenters. The Bertz CT molecular complexity index is 630. The summed E-state index contributed by atoms with van der Waals surface area (Å²) in [5.41, 5.74) is -0.161. The van der Waals surface area contributed by atoms with Crippen LogP contribution in [-0.4, -0.2) is 22.9 Å². The third-order valence-electron chi connectivity index (χ3n) is 2.58. The second kappa shape index (κ2) is 5.18. The van der Waals surface area contributed by atoms with E-state index in [1.807, 2.05) is 0 Å². The van der Waals surface area contributed by atoms with Crippen LogP contribution < -0.4 is 5.32 Å². The van der Waals surface area contributed by atoms with Crippen LogP contribution >= 0.6 is 0 Å². The zero-order chi connectivity index (χ0) is 14.9. The molecule has 1 N–H and O–H groups in total. The summed E-state index contributed by atoms with van der Waals surface area (Å²) in [7, 11) is 0. The maximum atomic E-state index is 13.3. The molecule has 0 amide bonds. The first-order chi connectivity index (χ1) is 9.36. The van der Waals surface area contributed by atoms with Crippen LogP contribution in [0, 0.1) is 5.82 Å². The Hall–Kier alpha value is -1.99. The lowest BCUT2D eigenvalue weighted by molar-refractivity contribution is -0.140. The molecule has 0 spiro atoms. The number of anilines is 1. The van der Waals surface area contributed by atoms with Gasteiger partial charge in [-0.1, -0.05) is 0 Å². The predicted molar refractivity (Wildman–Crippen MR) is 63.6 cm³/mol. The van der Waals surface area contributed by atoms with Gasteiger partial charge in [-0.25, -0.2) is 23.1 Å². The molecule has 0 aliphatic heterocycles. The topological polar surface area (TPSA) is 37.8 Å². The lowest BCUT2D eigenvalue weighted by atomic mass is 10.2. The molecule has 1 aromatic heterocycles. The van der Waals surface area contributed by atoms with Crippen molar-refractivity contribution in [2.45, 2.75) is 19.3 Å². The van der Waals surface area contributed by atoms with E-state index < -0.39 is 24.0 Å². The van der Waals surface area contributed by atoms with Gasteiger partial charge in [0, 0.05) is 18.0 Å². The minimum Gasteiger partial charge on any atom is -0.370 e. The number of alkyl halides is 4. The van der Waals surface area contributed by atoms with Crippen molar-refractivity contribution in [3.63, 3.8) is 0 Å². The number of rotatable bonds is 4. The zero-order valence-electron chi connectivity index (χ0n) is 10.3. The van der Waals surface area contributed by atoms with Crippen molar-refractivity contribution < 1.29 is 22.0 Å². The van der Waals surface area contributed by atoms with Crippen LogP contribution in [0.3, 0.4) is 0 Å². The molecule has 0 unspecified atom stereocenters. The summed E-state index contributed by atoms with van der Waals surface area (Å²) in [6.07, 6.45) is -3.94. The highest BCUT2D eigenvalue weighted by molar-refractivity contribution is 5.89. The fourth-order valence-corrected chi connectivity index (χ4v) is 1.65. The van der Waals surface area contributed by atoms with Gasteiger partial charge in [-0.3, -0.25) is 0 Å². The molecular formula is C12H10F5N3. The number of nitrogens with zero attached hydrogens (tertiary/aromatic N) is 2. The highest BCUT2D eigenvalue weighted by Gasteiger charge is 2.46. The second-order valence-electron chi connectivity index (χ2n) is 4.01. The summed E-state index contributed by atoms with van der Waals surface area (Å²) in [6, 6.07) is 3.30. The molecule has 3 nitrogen and oxygen atoms in total. The minimum absolute atomic E-state index is 0.0344. The predicted octanol–water partition coefficient (Wildman–Crippen LogP) is 3.56. The van der Waals surface area contributed by atoms with Gasteiger partial charge >= 0.3 is 12.3 Å². The van der Waals surface area contributed by atoms with E-state index in [9.17, 15) is 22.0 Å². The van der Waals surface area contributed by atoms with Crippen LogP contribution in [0.1, 0.15) is 12.7 Å². The average molecular weight is 291 g/mol. The van der Waals surface area contributed by atoms with E-state index >= 15 is 0 Å². The molecule has 0 bridgehead atoms. The largest absolute Gasteiger partial charge is 0.370 e. The van der Waals surface area contributed by atoms with Gasteiger partial charge in [0.15, 0.2) is 0 Å². The molecule has 1 heterocycles. The summed E-state index contributed by atoms with van der Waals surface area (Å²) >= 11 is 0. The van der Waals surface area contributed by atoms with Gasteiger partial charge in [0.1, 0.15) is 11.6 Å². The van der Waals surface area contributed by atoms with Crippen LogP contribution in [0.4, 0.5) is 27.8 Å². The quantitative estimate of drug-likeness (QED) is 0.875. The van der Waals surface area contributed by atoms with E-state index in [0.717, 1.165) is 12.1 Å². The lowest BCUT2D eigenvalue weighted by Crippen LogP contribution is -2.27. The Kier molecular flexibility index (Phi) is 3.74. The average Bonchev–Trinajstić information content (AvgIpc) is 2.38. The van der Waals surface area contributed by atoms with Crippen LogP contribution in [0.5, 0.6) is 0 Å². The standard InChI is InChI=1S/C12H10F5N3/c1-2-18-9-7-4-3-6(13)5-8(7)19-11(20-9)12(16,17)10(14)15/h3-5,10H,2H2,1H3,(H,18,19,20). The Balaban J connectivity index is 2.68. The first-order valence-electron chi connectivity index (χ1n) is 5.74. The van der Waals surface area contributed by atoms with Gasteiger partial charge in [-0.2, -0.15) is 8.78 Å². The van der Waals surface area contributed by atoms with Crippen molar-refractivity contribution in [1.29, 1.82) is 0 Å². The van der Waals surface area contributed by atoms with E-state index in [0.29, 0.717) is 6.54 Å². The SMILES string of the molecule is CCNc1nc(C(F)(F)C(F)F)nc2cc(F)ccc12. The molecule has 108 valence electrons. The molecule has 2 rings (SSSR count). The molecule has 0 saturated heterocycles. The van der Waals surface area contributed by atoms with Crippen molar-refractivity contribution >= 4 is 16.7 Å². The molecule has 20 heavy (non-hydrogen) atoms. The molecule has 0 fully saturated rings. The van der Waals surface area contributed by atoms with E-state index in [-0.39, 0.29) is 16.7 Å². The van der Waals surface area contributed by atoms with Crippen LogP contribution in [0.25, 0.3) is 10.9 Å². The van der Waals surface area contributed by atoms with Gasteiger partial charge in [0.2, 0.25) is 5.82 Å². The number of hydrogen-bond acceptors (Lipinski definition) is 3. The third kappa shape index (κ3) is 2.50. The molecule has 0 saturated carbocycles. The van der Waals surface area contributed by atoms with Gasteiger partial charge in [-0.05, 0) is 19.1 Å². The van der Waals surface area contributed by atoms with Crippen molar-refractivity contribution in [2.75, 3.05) is 11.9 Å².